The maximum Gasteiger partial charge on any atom is 0.222 e. The summed E-state index contributed by atoms with van der Waals surface area (Å²) in [6.45, 7) is 4.93. The van der Waals surface area contributed by atoms with Crippen LogP contribution in [0.5, 0.6) is 5.75 Å². The first kappa shape index (κ1) is 20.7. The summed E-state index contributed by atoms with van der Waals surface area (Å²) in [4.78, 5) is 13.9. The quantitative estimate of drug-likeness (QED) is 0.798. The number of ether oxygens (including phenoxy) is 1. The van der Waals surface area contributed by atoms with Gasteiger partial charge in [0.15, 0.2) is 0 Å². The fourth-order valence-corrected chi connectivity index (χ4v) is 2.07. The molecular formula is C17H29ClN2O2. The number of halogens is 1. The number of amides is 1. The molecule has 0 aliphatic rings. The Balaban J connectivity index is 0.00000441. The Labute approximate surface area is 140 Å². The molecule has 0 aliphatic heterocycles. The van der Waals surface area contributed by atoms with Gasteiger partial charge in [0.05, 0.1) is 7.11 Å². The van der Waals surface area contributed by atoms with Gasteiger partial charge >= 0.3 is 0 Å². The first-order chi connectivity index (χ1) is 9.93. The number of nitrogens with zero attached hydrogens (tertiary/aromatic N) is 1. The molecule has 1 aromatic rings. The number of carbonyl (C=O) groups is 1. The lowest BCUT2D eigenvalue weighted by Crippen LogP contribution is -2.34. The normalized spacial score (nSPS) is 11.7. The molecule has 4 nitrogen and oxygen atoms in total. The summed E-state index contributed by atoms with van der Waals surface area (Å²) in [6.07, 6.45) is 2.09. The Morgan fingerprint density at radius 3 is 2.64 bits per heavy atom. The monoisotopic (exact) mass is 328 g/mol. The zero-order valence-corrected chi connectivity index (χ0v) is 14.9. The van der Waals surface area contributed by atoms with E-state index in [9.17, 15) is 4.79 Å². The van der Waals surface area contributed by atoms with Crippen molar-refractivity contribution in [3.63, 3.8) is 0 Å². The van der Waals surface area contributed by atoms with Gasteiger partial charge < -0.3 is 15.4 Å². The summed E-state index contributed by atoms with van der Waals surface area (Å²) in [5, 5.41) is 0. The van der Waals surface area contributed by atoms with Crippen LogP contribution in [0.15, 0.2) is 24.3 Å². The van der Waals surface area contributed by atoms with E-state index in [1.54, 1.807) is 12.0 Å². The molecule has 0 radical (unpaired) electrons. The highest BCUT2D eigenvalue weighted by molar-refractivity contribution is 5.85. The van der Waals surface area contributed by atoms with Crippen LogP contribution in [0.1, 0.15) is 32.3 Å². The van der Waals surface area contributed by atoms with Crippen LogP contribution in [0.3, 0.4) is 0 Å². The van der Waals surface area contributed by atoms with Crippen LogP contribution in [0.4, 0.5) is 0 Å². The molecule has 5 heteroatoms. The van der Waals surface area contributed by atoms with Gasteiger partial charge in [0.2, 0.25) is 5.91 Å². The molecule has 0 bridgehead atoms. The van der Waals surface area contributed by atoms with Crippen molar-refractivity contribution >= 4 is 18.3 Å². The van der Waals surface area contributed by atoms with Gasteiger partial charge in [-0.05, 0) is 36.5 Å². The van der Waals surface area contributed by atoms with Crippen LogP contribution >= 0.6 is 12.4 Å². The molecular weight excluding hydrogens is 300 g/mol. The minimum atomic E-state index is 0. The van der Waals surface area contributed by atoms with Crippen molar-refractivity contribution in [2.45, 2.75) is 39.2 Å². The van der Waals surface area contributed by atoms with Crippen LogP contribution < -0.4 is 10.5 Å². The number of hydrogen-bond donors (Lipinski definition) is 1. The first-order valence-corrected chi connectivity index (χ1v) is 7.56. The van der Waals surface area contributed by atoms with Crippen LogP contribution in [-0.2, 0) is 11.2 Å². The number of nitrogens with two attached hydrogens (primary N) is 1. The van der Waals surface area contributed by atoms with Gasteiger partial charge in [-0.25, -0.2) is 0 Å². The standard InChI is InChI=1S/C17H28N2O2.ClH/c1-13(2)16(18)10-11-19(3)17(20)9-8-14-6-5-7-15(12-14)21-4;/h5-7,12-13,16H,8-11,18H2,1-4H3;1H. The number of carbonyl (C=O) groups excluding carboxylic acids is 1. The summed E-state index contributed by atoms with van der Waals surface area (Å²) in [6, 6.07) is 8.00. The third-order valence-electron chi connectivity index (χ3n) is 3.84. The highest BCUT2D eigenvalue weighted by Gasteiger charge is 2.12. The Kier molecular flexibility index (Phi) is 9.86. The average molecular weight is 329 g/mol. The van der Waals surface area contributed by atoms with Gasteiger partial charge in [0.25, 0.3) is 0 Å². The Bertz CT molecular complexity index is 452. The van der Waals surface area contributed by atoms with Crippen molar-refractivity contribution in [3.8, 4) is 5.75 Å². The predicted molar refractivity (Wildman–Crippen MR) is 93.6 cm³/mol. The summed E-state index contributed by atoms with van der Waals surface area (Å²) in [5.41, 5.74) is 7.13. The van der Waals surface area contributed by atoms with Gasteiger partial charge in [0, 0.05) is 26.1 Å². The zero-order valence-electron chi connectivity index (χ0n) is 14.0. The van der Waals surface area contributed by atoms with Gasteiger partial charge in [-0.15, -0.1) is 12.4 Å². The third-order valence-corrected chi connectivity index (χ3v) is 3.84. The van der Waals surface area contributed by atoms with Crippen molar-refractivity contribution in [2.75, 3.05) is 20.7 Å². The van der Waals surface area contributed by atoms with Crippen molar-refractivity contribution in [1.82, 2.24) is 4.90 Å². The van der Waals surface area contributed by atoms with Crippen molar-refractivity contribution in [1.29, 1.82) is 0 Å². The maximum absolute atomic E-state index is 12.1. The van der Waals surface area contributed by atoms with Gasteiger partial charge in [-0.1, -0.05) is 26.0 Å². The summed E-state index contributed by atoms with van der Waals surface area (Å²) in [7, 11) is 3.50. The summed E-state index contributed by atoms with van der Waals surface area (Å²) >= 11 is 0. The Morgan fingerprint density at radius 1 is 1.36 bits per heavy atom. The number of rotatable bonds is 8. The average Bonchev–Trinajstić information content (AvgIpc) is 2.49. The van der Waals surface area contributed by atoms with Crippen LogP contribution in [0.2, 0.25) is 0 Å². The largest absolute Gasteiger partial charge is 0.497 e. The SMILES string of the molecule is COc1cccc(CCC(=O)N(C)CCC(N)C(C)C)c1.Cl. The molecule has 22 heavy (non-hydrogen) atoms. The molecule has 0 aliphatic carbocycles. The smallest absolute Gasteiger partial charge is 0.222 e. The number of benzene rings is 1. The molecule has 1 atom stereocenters. The fraction of sp³-hybridized carbons (Fsp3) is 0.588. The number of methoxy groups -OCH3 is 1. The highest BCUT2D eigenvalue weighted by atomic mass is 35.5. The molecule has 0 spiro atoms. The number of aryl methyl sites for hydroxylation is 1. The lowest BCUT2D eigenvalue weighted by Gasteiger charge is -2.21. The van der Waals surface area contributed by atoms with Crippen molar-refractivity contribution < 1.29 is 9.53 Å². The second kappa shape index (κ2) is 10.5. The highest BCUT2D eigenvalue weighted by Crippen LogP contribution is 2.14. The molecule has 0 fully saturated rings. The summed E-state index contributed by atoms with van der Waals surface area (Å²) < 4.78 is 5.19. The van der Waals surface area contributed by atoms with Gasteiger partial charge in [-0.3, -0.25) is 4.79 Å². The molecule has 126 valence electrons. The van der Waals surface area contributed by atoms with E-state index in [0.717, 1.165) is 30.7 Å². The number of hydrogen-bond acceptors (Lipinski definition) is 3. The minimum Gasteiger partial charge on any atom is -0.497 e. The van der Waals surface area contributed by atoms with E-state index in [1.807, 2.05) is 31.3 Å². The predicted octanol–water partition coefficient (Wildman–Crippen LogP) is 2.88. The van der Waals surface area contributed by atoms with E-state index in [2.05, 4.69) is 13.8 Å². The van der Waals surface area contributed by atoms with E-state index in [4.69, 9.17) is 10.5 Å². The van der Waals surface area contributed by atoms with E-state index in [1.165, 1.54) is 0 Å². The fourth-order valence-electron chi connectivity index (χ4n) is 2.07. The third kappa shape index (κ3) is 7.14. The molecule has 1 rings (SSSR count). The zero-order chi connectivity index (χ0) is 15.8. The minimum absolute atomic E-state index is 0. The van der Waals surface area contributed by atoms with E-state index < -0.39 is 0 Å². The van der Waals surface area contributed by atoms with E-state index >= 15 is 0 Å². The summed E-state index contributed by atoms with van der Waals surface area (Å²) in [5.74, 6) is 1.44. The topological polar surface area (TPSA) is 55.6 Å². The molecule has 1 aromatic carbocycles. The second-order valence-corrected chi connectivity index (χ2v) is 5.86. The van der Waals surface area contributed by atoms with Crippen molar-refractivity contribution in [2.24, 2.45) is 11.7 Å². The van der Waals surface area contributed by atoms with E-state index in [-0.39, 0.29) is 24.4 Å². The van der Waals surface area contributed by atoms with Gasteiger partial charge in [-0.2, -0.15) is 0 Å². The second-order valence-electron chi connectivity index (χ2n) is 5.86. The van der Waals surface area contributed by atoms with E-state index in [0.29, 0.717) is 12.3 Å². The molecule has 0 saturated carbocycles. The maximum atomic E-state index is 12.1. The molecule has 0 saturated heterocycles. The van der Waals surface area contributed by atoms with Crippen molar-refractivity contribution in [3.05, 3.63) is 29.8 Å². The molecule has 1 amide bonds. The molecule has 2 N–H and O–H groups in total. The Morgan fingerprint density at radius 2 is 2.05 bits per heavy atom. The van der Waals surface area contributed by atoms with Crippen LogP contribution in [-0.4, -0.2) is 37.6 Å². The molecule has 1 unspecified atom stereocenters. The van der Waals surface area contributed by atoms with Gasteiger partial charge in [0.1, 0.15) is 5.75 Å². The molecule has 0 aromatic heterocycles. The molecule has 0 heterocycles. The van der Waals surface area contributed by atoms with Crippen LogP contribution in [0.25, 0.3) is 0 Å². The first-order valence-electron chi connectivity index (χ1n) is 7.56. The van der Waals surface area contributed by atoms with Crippen LogP contribution in [0, 0.1) is 5.92 Å². The lowest BCUT2D eigenvalue weighted by atomic mass is 10.0. The Hall–Kier alpha value is -1.26. The lowest BCUT2D eigenvalue weighted by molar-refractivity contribution is -0.129.